The number of hydrogen-bond donors (Lipinski definition) is 2. The lowest BCUT2D eigenvalue weighted by molar-refractivity contribution is -0.136. The second-order valence-corrected chi connectivity index (χ2v) is 2.84. The highest BCUT2D eigenvalue weighted by Gasteiger charge is 1.99. The van der Waals surface area contributed by atoms with E-state index < -0.39 is 5.97 Å². The maximum atomic E-state index is 10.4. The van der Waals surface area contributed by atoms with Crippen molar-refractivity contribution in [2.45, 2.75) is 13.0 Å². The van der Waals surface area contributed by atoms with Gasteiger partial charge >= 0.3 is 12.4 Å². The molecule has 1 rings (SSSR count). The molecule has 0 aliphatic rings. The van der Waals surface area contributed by atoms with Gasteiger partial charge in [-0.1, -0.05) is 24.3 Å². The Bertz CT molecular complexity index is 319. The second kappa shape index (κ2) is 5.01. The summed E-state index contributed by atoms with van der Waals surface area (Å²) in [5.74, 6) is -0.850. The van der Waals surface area contributed by atoms with Gasteiger partial charge in [-0.25, -0.2) is 0 Å². The third-order valence-electron chi connectivity index (χ3n) is 1.74. The Morgan fingerprint density at radius 2 is 1.86 bits per heavy atom. The Morgan fingerprint density at radius 1 is 1.29 bits per heavy atom. The molecule has 0 fully saturated rings. The summed E-state index contributed by atoms with van der Waals surface area (Å²) in [4.78, 5) is 20.2. The van der Waals surface area contributed by atoms with Crippen LogP contribution in [0.2, 0.25) is 0 Å². The molecule has 2 N–H and O–H groups in total. The Morgan fingerprint density at radius 3 is 2.36 bits per heavy atom. The lowest BCUT2D eigenvalue weighted by atomic mass is 10.1. The van der Waals surface area contributed by atoms with Gasteiger partial charge in [-0.2, -0.15) is 0 Å². The molecule has 0 aliphatic heterocycles. The number of nitrogens with one attached hydrogen (secondary N) is 1. The van der Waals surface area contributed by atoms with Crippen molar-refractivity contribution in [3.05, 3.63) is 35.4 Å². The SMILES string of the molecule is O=[C]NCc1ccc(CC(=O)O)cc1. The Balaban J connectivity index is 2.58. The minimum atomic E-state index is -0.850. The fourth-order valence-corrected chi connectivity index (χ4v) is 1.09. The molecule has 0 aromatic heterocycles. The third-order valence-corrected chi connectivity index (χ3v) is 1.74. The molecule has 73 valence electrons. The molecule has 0 atom stereocenters. The van der Waals surface area contributed by atoms with E-state index in [1.54, 1.807) is 30.7 Å². The number of carboxylic acids is 1. The zero-order valence-corrected chi connectivity index (χ0v) is 7.49. The molecule has 0 spiro atoms. The Hall–Kier alpha value is -1.84. The highest BCUT2D eigenvalue weighted by atomic mass is 16.4. The maximum absolute atomic E-state index is 10.4. The average Bonchev–Trinajstić information content (AvgIpc) is 2.16. The highest BCUT2D eigenvalue weighted by Crippen LogP contribution is 2.04. The first kappa shape index (κ1) is 10.2. The van der Waals surface area contributed by atoms with Crippen LogP contribution in [0.4, 0.5) is 0 Å². The molecule has 1 amide bonds. The average molecular weight is 192 g/mol. The number of rotatable bonds is 5. The first-order valence-corrected chi connectivity index (χ1v) is 4.12. The molecule has 4 nitrogen and oxygen atoms in total. The first-order chi connectivity index (χ1) is 6.72. The molecule has 1 radical (unpaired) electrons. The number of carbonyl (C=O) groups excluding carboxylic acids is 1. The van der Waals surface area contributed by atoms with Gasteiger partial charge in [0.15, 0.2) is 0 Å². The van der Waals surface area contributed by atoms with Gasteiger partial charge in [0.05, 0.1) is 6.42 Å². The van der Waals surface area contributed by atoms with E-state index in [9.17, 15) is 9.59 Å². The van der Waals surface area contributed by atoms with Crippen molar-refractivity contribution in [3.63, 3.8) is 0 Å². The molecule has 1 aromatic carbocycles. The van der Waals surface area contributed by atoms with E-state index in [1.807, 2.05) is 0 Å². The fraction of sp³-hybridized carbons (Fsp3) is 0.200. The van der Waals surface area contributed by atoms with Crippen LogP contribution < -0.4 is 5.32 Å². The van der Waals surface area contributed by atoms with Crippen molar-refractivity contribution < 1.29 is 14.7 Å². The standard InChI is InChI=1S/C10H10NO3/c12-7-11-6-9-3-1-8(2-4-9)5-10(13)14/h1-4H,5-6H2,(H,11,12)(H,13,14). The van der Waals surface area contributed by atoms with Gasteiger partial charge in [0.2, 0.25) is 0 Å². The van der Waals surface area contributed by atoms with E-state index in [0.717, 1.165) is 11.1 Å². The molecule has 0 heterocycles. The first-order valence-electron chi connectivity index (χ1n) is 4.12. The van der Waals surface area contributed by atoms with Crippen molar-refractivity contribution in [1.82, 2.24) is 5.32 Å². The highest BCUT2D eigenvalue weighted by molar-refractivity contribution is 5.70. The van der Waals surface area contributed by atoms with Crippen molar-refractivity contribution >= 4 is 12.4 Å². The van der Waals surface area contributed by atoms with Crippen molar-refractivity contribution in [3.8, 4) is 0 Å². The summed E-state index contributed by atoms with van der Waals surface area (Å²) in [5, 5.41) is 10.9. The lowest BCUT2D eigenvalue weighted by Crippen LogP contribution is -2.09. The summed E-state index contributed by atoms with van der Waals surface area (Å²) >= 11 is 0. The molecule has 0 aliphatic carbocycles. The van der Waals surface area contributed by atoms with Crippen LogP contribution in [0.5, 0.6) is 0 Å². The Labute approximate surface area is 81.6 Å². The van der Waals surface area contributed by atoms with Crippen LogP contribution in [0.1, 0.15) is 11.1 Å². The van der Waals surface area contributed by atoms with Gasteiger partial charge in [-0.05, 0) is 11.1 Å². The van der Waals surface area contributed by atoms with E-state index in [-0.39, 0.29) is 6.42 Å². The van der Waals surface area contributed by atoms with Gasteiger partial charge in [0, 0.05) is 6.54 Å². The third kappa shape index (κ3) is 3.26. The molecular weight excluding hydrogens is 182 g/mol. The molecule has 0 unspecified atom stereocenters. The lowest BCUT2D eigenvalue weighted by Gasteiger charge is -2.00. The van der Waals surface area contributed by atoms with Crippen LogP contribution in [0, 0.1) is 0 Å². The fourth-order valence-electron chi connectivity index (χ4n) is 1.09. The zero-order chi connectivity index (χ0) is 10.4. The quantitative estimate of drug-likeness (QED) is 0.666. The minimum absolute atomic E-state index is 0.0213. The van der Waals surface area contributed by atoms with Crippen molar-refractivity contribution in [1.29, 1.82) is 0 Å². The summed E-state index contributed by atoms with van der Waals surface area (Å²) in [6, 6.07) is 7.02. The molecule has 0 saturated carbocycles. The normalized spacial score (nSPS) is 9.43. The van der Waals surface area contributed by atoms with Gasteiger partial charge in [-0.3, -0.25) is 9.59 Å². The van der Waals surface area contributed by atoms with Crippen molar-refractivity contribution in [2.24, 2.45) is 0 Å². The largest absolute Gasteiger partial charge is 0.481 e. The summed E-state index contributed by atoms with van der Waals surface area (Å²) < 4.78 is 0. The van der Waals surface area contributed by atoms with Crippen LogP contribution >= 0.6 is 0 Å². The van der Waals surface area contributed by atoms with Crippen LogP contribution in [0.25, 0.3) is 0 Å². The Kier molecular flexibility index (Phi) is 3.67. The van der Waals surface area contributed by atoms with Gasteiger partial charge in [0.1, 0.15) is 0 Å². The number of carbonyl (C=O) groups is 1. The van der Waals surface area contributed by atoms with Crippen LogP contribution in [0.15, 0.2) is 24.3 Å². The van der Waals surface area contributed by atoms with Crippen molar-refractivity contribution in [2.75, 3.05) is 0 Å². The molecule has 0 saturated heterocycles. The molecular formula is C10H10NO3. The number of aliphatic carboxylic acids is 1. The number of carboxylic acid groups (broad SMARTS) is 1. The van der Waals surface area contributed by atoms with E-state index >= 15 is 0 Å². The molecule has 14 heavy (non-hydrogen) atoms. The van der Waals surface area contributed by atoms with Crippen LogP contribution in [0.3, 0.4) is 0 Å². The predicted octanol–water partition coefficient (Wildman–Crippen LogP) is 0.470. The number of hydrogen-bond acceptors (Lipinski definition) is 2. The van der Waals surface area contributed by atoms with E-state index in [4.69, 9.17) is 5.11 Å². The smallest absolute Gasteiger partial charge is 0.309 e. The predicted molar refractivity (Wildman–Crippen MR) is 50.3 cm³/mol. The van der Waals surface area contributed by atoms with E-state index in [2.05, 4.69) is 5.32 Å². The van der Waals surface area contributed by atoms with E-state index in [0.29, 0.717) is 6.54 Å². The summed E-state index contributed by atoms with van der Waals surface area (Å²) in [5.41, 5.74) is 1.67. The van der Waals surface area contributed by atoms with Gasteiger partial charge in [0.25, 0.3) is 0 Å². The van der Waals surface area contributed by atoms with Crippen LogP contribution in [-0.4, -0.2) is 17.5 Å². The summed E-state index contributed by atoms with van der Waals surface area (Å²) in [7, 11) is 0. The maximum Gasteiger partial charge on any atom is 0.309 e. The summed E-state index contributed by atoms with van der Waals surface area (Å²) in [6.07, 6.45) is 1.59. The molecule has 1 aromatic rings. The molecule has 0 bridgehead atoms. The minimum Gasteiger partial charge on any atom is -0.481 e. The summed E-state index contributed by atoms with van der Waals surface area (Å²) in [6.45, 7) is 0.414. The zero-order valence-electron chi connectivity index (χ0n) is 7.49. The topological polar surface area (TPSA) is 66.4 Å². The molecule has 4 heteroatoms. The number of amides is 1. The monoisotopic (exact) mass is 192 g/mol. The van der Waals surface area contributed by atoms with Gasteiger partial charge < -0.3 is 10.4 Å². The second-order valence-electron chi connectivity index (χ2n) is 2.84. The van der Waals surface area contributed by atoms with Gasteiger partial charge in [-0.15, -0.1) is 0 Å². The number of benzene rings is 1. The van der Waals surface area contributed by atoms with E-state index in [1.165, 1.54) is 0 Å². The van der Waals surface area contributed by atoms with Crippen LogP contribution in [-0.2, 0) is 22.6 Å².